The van der Waals surface area contributed by atoms with Crippen molar-refractivity contribution in [3.05, 3.63) is 50.7 Å². The molecule has 164 valence electrons. The summed E-state index contributed by atoms with van der Waals surface area (Å²) in [7, 11) is 0. The third kappa shape index (κ3) is 5.68. The SMILES string of the molecule is CC(C)(C)C#Cc1cc(N(C(=O)c2ccccc2Cl)C2CCC(O)CC2)c(C(=O)O)s1. The number of aliphatic hydroxyl groups is 1. The van der Waals surface area contributed by atoms with Gasteiger partial charge in [0.15, 0.2) is 0 Å². The number of carbonyl (C=O) groups excluding carboxylic acids is 1. The number of anilines is 1. The predicted octanol–water partition coefficient (Wildman–Crippen LogP) is 5.45. The Labute approximate surface area is 191 Å². The Morgan fingerprint density at radius 2 is 1.81 bits per heavy atom. The number of carbonyl (C=O) groups is 2. The van der Waals surface area contributed by atoms with Gasteiger partial charge in [-0.1, -0.05) is 35.6 Å². The molecule has 2 N–H and O–H groups in total. The van der Waals surface area contributed by atoms with Crippen molar-refractivity contribution in [1.82, 2.24) is 0 Å². The molecule has 7 heteroatoms. The number of benzene rings is 1. The van der Waals surface area contributed by atoms with Gasteiger partial charge in [0, 0.05) is 11.5 Å². The molecule has 0 spiro atoms. The van der Waals surface area contributed by atoms with E-state index in [1.54, 1.807) is 35.2 Å². The van der Waals surface area contributed by atoms with E-state index in [4.69, 9.17) is 11.6 Å². The van der Waals surface area contributed by atoms with Crippen LogP contribution in [0.4, 0.5) is 5.69 Å². The highest BCUT2D eigenvalue weighted by molar-refractivity contribution is 7.15. The Balaban J connectivity index is 2.11. The smallest absolute Gasteiger partial charge is 0.348 e. The number of rotatable bonds is 4. The van der Waals surface area contributed by atoms with Crippen molar-refractivity contribution in [3.8, 4) is 11.8 Å². The predicted molar refractivity (Wildman–Crippen MR) is 124 cm³/mol. The molecule has 2 aromatic rings. The molecule has 1 aliphatic rings. The third-order valence-corrected chi connectivity index (χ3v) is 6.44. The van der Waals surface area contributed by atoms with Gasteiger partial charge in [0.05, 0.1) is 27.3 Å². The van der Waals surface area contributed by atoms with Crippen LogP contribution in [0.25, 0.3) is 0 Å². The topological polar surface area (TPSA) is 77.8 Å². The van der Waals surface area contributed by atoms with E-state index in [1.807, 2.05) is 20.8 Å². The first kappa shape index (κ1) is 23.3. The van der Waals surface area contributed by atoms with Crippen LogP contribution in [-0.4, -0.2) is 34.2 Å². The van der Waals surface area contributed by atoms with Gasteiger partial charge in [-0.2, -0.15) is 0 Å². The second-order valence-corrected chi connectivity index (χ2v) is 10.2. The number of carboxylic acids is 1. The monoisotopic (exact) mass is 459 g/mol. The molecule has 1 heterocycles. The molecule has 0 saturated heterocycles. The van der Waals surface area contributed by atoms with E-state index in [1.165, 1.54) is 0 Å². The number of amides is 1. The van der Waals surface area contributed by atoms with Gasteiger partial charge in [-0.3, -0.25) is 4.79 Å². The Morgan fingerprint density at radius 3 is 2.39 bits per heavy atom. The van der Waals surface area contributed by atoms with Gasteiger partial charge >= 0.3 is 5.97 Å². The minimum Gasteiger partial charge on any atom is -0.477 e. The summed E-state index contributed by atoms with van der Waals surface area (Å²) in [6.45, 7) is 5.94. The molecule has 0 aliphatic heterocycles. The number of aromatic carboxylic acids is 1. The number of carboxylic acid groups (broad SMARTS) is 1. The van der Waals surface area contributed by atoms with Gasteiger partial charge in [0.1, 0.15) is 4.88 Å². The van der Waals surface area contributed by atoms with Crippen LogP contribution in [0.5, 0.6) is 0 Å². The largest absolute Gasteiger partial charge is 0.477 e. The minimum absolute atomic E-state index is 0.0738. The van der Waals surface area contributed by atoms with Crippen molar-refractivity contribution in [2.24, 2.45) is 5.41 Å². The van der Waals surface area contributed by atoms with Crippen LogP contribution in [0.1, 0.15) is 71.4 Å². The van der Waals surface area contributed by atoms with Gasteiger partial charge in [0.2, 0.25) is 0 Å². The zero-order valence-corrected chi connectivity index (χ0v) is 19.4. The third-order valence-electron chi connectivity index (χ3n) is 5.08. The Bertz CT molecular complexity index is 1040. The fraction of sp³-hybridized carbons (Fsp3) is 0.417. The molecular formula is C24H26ClNO4S. The normalized spacial score (nSPS) is 18.7. The summed E-state index contributed by atoms with van der Waals surface area (Å²) in [5, 5.41) is 20.1. The lowest BCUT2D eigenvalue weighted by Crippen LogP contribution is -2.43. The molecule has 31 heavy (non-hydrogen) atoms. The average molecular weight is 460 g/mol. The number of hydrogen-bond donors (Lipinski definition) is 2. The van der Waals surface area contributed by atoms with E-state index < -0.39 is 12.1 Å². The number of halogens is 1. The number of aliphatic hydroxyl groups excluding tert-OH is 1. The summed E-state index contributed by atoms with van der Waals surface area (Å²) in [5.41, 5.74) is 0.419. The highest BCUT2D eigenvalue weighted by Gasteiger charge is 2.34. The Kier molecular flexibility index (Phi) is 7.10. The second kappa shape index (κ2) is 9.44. The van der Waals surface area contributed by atoms with Crippen molar-refractivity contribution >= 4 is 40.5 Å². The van der Waals surface area contributed by atoms with E-state index in [-0.39, 0.29) is 22.2 Å². The summed E-state index contributed by atoms with van der Waals surface area (Å²) in [4.78, 5) is 27.9. The molecule has 3 rings (SSSR count). The lowest BCUT2D eigenvalue weighted by molar-refractivity contribution is 0.0702. The van der Waals surface area contributed by atoms with Crippen LogP contribution < -0.4 is 4.90 Å². The standard InChI is InChI=1S/C24H26ClNO4S/c1-24(2,3)13-12-17-14-20(21(31-17)23(29)30)26(15-8-10-16(27)11-9-15)22(28)18-6-4-5-7-19(18)25/h4-7,14-16,27H,8-11H2,1-3H3,(H,29,30). The zero-order valence-electron chi connectivity index (χ0n) is 17.8. The summed E-state index contributed by atoms with van der Waals surface area (Å²) in [6.07, 6.45) is 1.87. The fourth-order valence-electron chi connectivity index (χ4n) is 3.58. The minimum atomic E-state index is -1.10. The van der Waals surface area contributed by atoms with Crippen LogP contribution in [0.2, 0.25) is 5.02 Å². The molecule has 1 fully saturated rings. The van der Waals surface area contributed by atoms with Gasteiger partial charge in [-0.25, -0.2) is 4.79 Å². The van der Waals surface area contributed by atoms with E-state index in [9.17, 15) is 19.8 Å². The zero-order chi connectivity index (χ0) is 22.8. The van der Waals surface area contributed by atoms with Crippen molar-refractivity contribution in [2.45, 2.75) is 58.6 Å². The summed E-state index contributed by atoms with van der Waals surface area (Å²) in [6, 6.07) is 8.21. The first-order valence-electron chi connectivity index (χ1n) is 10.2. The summed E-state index contributed by atoms with van der Waals surface area (Å²) >= 11 is 7.37. The fourth-order valence-corrected chi connectivity index (χ4v) is 4.64. The van der Waals surface area contributed by atoms with Crippen molar-refractivity contribution in [1.29, 1.82) is 0 Å². The molecule has 0 atom stereocenters. The maximum atomic E-state index is 13.6. The number of nitrogens with zero attached hydrogens (tertiary/aromatic N) is 1. The Hall–Kier alpha value is -2.33. The average Bonchev–Trinajstić information content (AvgIpc) is 3.12. The molecular weight excluding hydrogens is 434 g/mol. The van der Waals surface area contributed by atoms with Crippen LogP contribution >= 0.6 is 22.9 Å². The molecule has 1 aromatic carbocycles. The molecule has 1 saturated carbocycles. The second-order valence-electron chi connectivity index (χ2n) is 8.75. The number of hydrogen-bond acceptors (Lipinski definition) is 4. The van der Waals surface area contributed by atoms with E-state index in [0.29, 0.717) is 46.8 Å². The van der Waals surface area contributed by atoms with Crippen LogP contribution in [-0.2, 0) is 0 Å². The molecule has 0 bridgehead atoms. The van der Waals surface area contributed by atoms with Crippen molar-refractivity contribution < 1.29 is 19.8 Å². The van der Waals surface area contributed by atoms with E-state index >= 15 is 0 Å². The molecule has 0 radical (unpaired) electrons. The van der Waals surface area contributed by atoms with Crippen LogP contribution in [0, 0.1) is 17.3 Å². The van der Waals surface area contributed by atoms with Crippen molar-refractivity contribution in [3.63, 3.8) is 0 Å². The quantitative estimate of drug-likeness (QED) is 0.596. The molecule has 1 aromatic heterocycles. The molecule has 1 aliphatic carbocycles. The lowest BCUT2D eigenvalue weighted by Gasteiger charge is -2.35. The molecule has 1 amide bonds. The van der Waals surface area contributed by atoms with E-state index in [0.717, 1.165) is 11.3 Å². The van der Waals surface area contributed by atoms with Crippen LogP contribution in [0.3, 0.4) is 0 Å². The Morgan fingerprint density at radius 1 is 1.16 bits per heavy atom. The van der Waals surface area contributed by atoms with Crippen molar-refractivity contribution in [2.75, 3.05) is 4.90 Å². The maximum absolute atomic E-state index is 13.6. The number of thiophene rings is 1. The van der Waals surface area contributed by atoms with E-state index in [2.05, 4.69) is 11.8 Å². The first-order chi connectivity index (χ1) is 14.6. The van der Waals surface area contributed by atoms with Gasteiger partial charge in [-0.05, 0) is 64.7 Å². The van der Waals surface area contributed by atoms with Crippen LogP contribution in [0.15, 0.2) is 30.3 Å². The highest BCUT2D eigenvalue weighted by atomic mass is 35.5. The summed E-state index contributed by atoms with van der Waals surface area (Å²) < 4.78 is 0. The lowest BCUT2D eigenvalue weighted by atomic mass is 9.91. The molecule has 0 unspecified atom stereocenters. The highest BCUT2D eigenvalue weighted by Crippen LogP contribution is 2.37. The molecule has 5 nitrogen and oxygen atoms in total. The summed E-state index contributed by atoms with van der Waals surface area (Å²) in [5.74, 6) is 4.73. The maximum Gasteiger partial charge on any atom is 0.348 e. The first-order valence-corrected chi connectivity index (χ1v) is 11.4. The van der Waals surface area contributed by atoms with Gasteiger partial charge in [-0.15, -0.1) is 11.3 Å². The van der Waals surface area contributed by atoms with Gasteiger partial charge in [0.25, 0.3) is 5.91 Å². The van der Waals surface area contributed by atoms with Gasteiger partial charge < -0.3 is 15.1 Å².